The smallest absolute Gasteiger partial charge is 0.162 e. The van der Waals surface area contributed by atoms with Gasteiger partial charge in [-0.3, -0.25) is 4.79 Å². The summed E-state index contributed by atoms with van der Waals surface area (Å²) in [4.78, 5) is 12.1. The van der Waals surface area contributed by atoms with Crippen molar-refractivity contribution >= 4 is 5.78 Å². The minimum Gasteiger partial charge on any atom is -0.378 e. The van der Waals surface area contributed by atoms with Gasteiger partial charge in [0.05, 0.1) is 6.10 Å². The summed E-state index contributed by atoms with van der Waals surface area (Å²) in [6.45, 7) is 5.28. The van der Waals surface area contributed by atoms with Crippen LogP contribution >= 0.6 is 0 Å². The maximum Gasteiger partial charge on any atom is 0.162 e. The fraction of sp³-hybridized carbons (Fsp3) is 0.588. The summed E-state index contributed by atoms with van der Waals surface area (Å²) in [5.74, 6) is 0.896. The van der Waals surface area contributed by atoms with Crippen LogP contribution < -0.4 is 0 Å². The largest absolute Gasteiger partial charge is 0.378 e. The summed E-state index contributed by atoms with van der Waals surface area (Å²) in [6.07, 6.45) is 5.11. The van der Waals surface area contributed by atoms with E-state index in [-0.39, 0.29) is 5.78 Å². The molecule has 2 nitrogen and oxygen atoms in total. The van der Waals surface area contributed by atoms with Crippen molar-refractivity contribution in [3.05, 3.63) is 35.4 Å². The van der Waals surface area contributed by atoms with Crippen molar-refractivity contribution < 1.29 is 9.53 Å². The zero-order valence-electron chi connectivity index (χ0n) is 12.0. The van der Waals surface area contributed by atoms with E-state index in [1.807, 2.05) is 12.1 Å². The first-order valence-electron chi connectivity index (χ1n) is 7.39. The first-order chi connectivity index (χ1) is 9.15. The van der Waals surface area contributed by atoms with Crippen LogP contribution in [0.4, 0.5) is 0 Å². The van der Waals surface area contributed by atoms with E-state index in [2.05, 4.69) is 26.0 Å². The number of carbonyl (C=O) groups is 1. The van der Waals surface area contributed by atoms with E-state index >= 15 is 0 Å². The van der Waals surface area contributed by atoms with Gasteiger partial charge in [-0.1, -0.05) is 38.1 Å². The van der Waals surface area contributed by atoms with E-state index in [0.29, 0.717) is 18.4 Å². The third-order valence-corrected chi connectivity index (χ3v) is 3.64. The van der Waals surface area contributed by atoms with Gasteiger partial charge in [-0.05, 0) is 37.2 Å². The Balaban J connectivity index is 1.84. The highest BCUT2D eigenvalue weighted by Crippen LogP contribution is 2.18. The van der Waals surface area contributed by atoms with Gasteiger partial charge in [-0.25, -0.2) is 0 Å². The Morgan fingerprint density at radius 2 is 2.05 bits per heavy atom. The van der Waals surface area contributed by atoms with Crippen molar-refractivity contribution in [2.75, 3.05) is 6.61 Å². The van der Waals surface area contributed by atoms with Crippen molar-refractivity contribution in [2.24, 2.45) is 5.92 Å². The Kier molecular flexibility index (Phi) is 5.15. The van der Waals surface area contributed by atoms with Gasteiger partial charge >= 0.3 is 0 Å². The molecule has 0 bridgehead atoms. The standard InChI is InChI=1S/C17H24O2/c1-13(2)12-14-5-7-15(8-6-14)17(18)10-9-16-4-3-11-19-16/h5-8,13,16H,3-4,9-12H2,1-2H3. The number of rotatable bonds is 6. The highest BCUT2D eigenvalue weighted by atomic mass is 16.5. The van der Waals surface area contributed by atoms with Crippen LogP contribution in [0.2, 0.25) is 0 Å². The molecule has 1 fully saturated rings. The van der Waals surface area contributed by atoms with Crippen LogP contribution in [-0.4, -0.2) is 18.5 Å². The van der Waals surface area contributed by atoms with Gasteiger partial charge in [0.1, 0.15) is 0 Å². The second kappa shape index (κ2) is 6.85. The van der Waals surface area contributed by atoms with Crippen molar-refractivity contribution in [1.82, 2.24) is 0 Å². The summed E-state index contributed by atoms with van der Waals surface area (Å²) >= 11 is 0. The lowest BCUT2D eigenvalue weighted by Gasteiger charge is -2.09. The Hall–Kier alpha value is -1.15. The zero-order valence-corrected chi connectivity index (χ0v) is 12.0. The SMILES string of the molecule is CC(C)Cc1ccc(C(=O)CCC2CCCO2)cc1. The van der Waals surface area contributed by atoms with Gasteiger partial charge < -0.3 is 4.74 Å². The molecule has 0 spiro atoms. The monoisotopic (exact) mass is 260 g/mol. The third kappa shape index (κ3) is 4.46. The molecule has 0 radical (unpaired) electrons. The van der Waals surface area contributed by atoms with Crippen LogP contribution in [0.5, 0.6) is 0 Å². The molecule has 104 valence electrons. The Labute approximate surface area is 116 Å². The van der Waals surface area contributed by atoms with E-state index in [1.165, 1.54) is 5.56 Å². The fourth-order valence-corrected chi connectivity index (χ4v) is 2.61. The molecule has 2 heteroatoms. The number of Topliss-reactive ketones (excluding diaryl/α,β-unsaturated/α-hetero) is 1. The average molecular weight is 260 g/mol. The maximum absolute atomic E-state index is 12.1. The summed E-state index contributed by atoms with van der Waals surface area (Å²) in [7, 11) is 0. The van der Waals surface area contributed by atoms with Crippen LogP contribution in [0.3, 0.4) is 0 Å². The van der Waals surface area contributed by atoms with Crippen LogP contribution in [-0.2, 0) is 11.2 Å². The Morgan fingerprint density at radius 3 is 2.63 bits per heavy atom. The molecule has 1 saturated heterocycles. The van der Waals surface area contributed by atoms with Crippen LogP contribution in [0.25, 0.3) is 0 Å². The molecule has 1 aliphatic rings. The molecular formula is C17H24O2. The quantitative estimate of drug-likeness (QED) is 0.722. The van der Waals surface area contributed by atoms with Crippen molar-refractivity contribution in [3.8, 4) is 0 Å². The molecular weight excluding hydrogens is 236 g/mol. The Bertz CT molecular complexity index is 400. The summed E-state index contributed by atoms with van der Waals surface area (Å²) in [6, 6.07) is 8.10. The second-order valence-electron chi connectivity index (χ2n) is 5.89. The minimum absolute atomic E-state index is 0.242. The lowest BCUT2D eigenvalue weighted by molar-refractivity contribution is 0.0859. The molecule has 0 amide bonds. The maximum atomic E-state index is 12.1. The van der Waals surface area contributed by atoms with Gasteiger partial charge in [0.25, 0.3) is 0 Å². The van der Waals surface area contributed by atoms with Crippen molar-refractivity contribution in [3.63, 3.8) is 0 Å². The summed E-state index contributed by atoms with van der Waals surface area (Å²) < 4.78 is 5.55. The number of ether oxygens (including phenoxy) is 1. The number of benzene rings is 1. The minimum atomic E-state index is 0.242. The van der Waals surface area contributed by atoms with E-state index in [0.717, 1.165) is 37.9 Å². The van der Waals surface area contributed by atoms with Crippen molar-refractivity contribution in [1.29, 1.82) is 0 Å². The fourth-order valence-electron chi connectivity index (χ4n) is 2.61. The number of hydrogen-bond donors (Lipinski definition) is 0. The van der Waals surface area contributed by atoms with Crippen LogP contribution in [0.15, 0.2) is 24.3 Å². The summed E-state index contributed by atoms with van der Waals surface area (Å²) in [5, 5.41) is 0. The molecule has 2 rings (SSSR count). The Morgan fingerprint density at radius 1 is 1.32 bits per heavy atom. The van der Waals surface area contributed by atoms with E-state index in [1.54, 1.807) is 0 Å². The molecule has 1 aromatic rings. The van der Waals surface area contributed by atoms with E-state index < -0.39 is 0 Å². The average Bonchev–Trinajstić information content (AvgIpc) is 2.89. The van der Waals surface area contributed by atoms with Gasteiger partial charge in [-0.2, -0.15) is 0 Å². The normalized spacial score (nSPS) is 19.0. The summed E-state index contributed by atoms with van der Waals surface area (Å²) in [5.41, 5.74) is 2.15. The molecule has 1 aliphatic heterocycles. The van der Waals surface area contributed by atoms with Gasteiger partial charge in [-0.15, -0.1) is 0 Å². The first kappa shape index (κ1) is 14.3. The topological polar surface area (TPSA) is 26.3 Å². The molecule has 19 heavy (non-hydrogen) atoms. The van der Waals surface area contributed by atoms with Gasteiger partial charge in [0, 0.05) is 18.6 Å². The predicted octanol–water partition coefficient (Wildman–Crippen LogP) is 4.03. The molecule has 1 aromatic carbocycles. The number of carbonyl (C=O) groups excluding carboxylic acids is 1. The highest BCUT2D eigenvalue weighted by molar-refractivity contribution is 5.96. The van der Waals surface area contributed by atoms with Crippen molar-refractivity contribution in [2.45, 2.75) is 52.1 Å². The second-order valence-corrected chi connectivity index (χ2v) is 5.89. The van der Waals surface area contributed by atoms with Gasteiger partial charge in [0.2, 0.25) is 0 Å². The van der Waals surface area contributed by atoms with Gasteiger partial charge in [0.15, 0.2) is 5.78 Å². The molecule has 0 saturated carbocycles. The molecule has 0 aliphatic carbocycles. The van der Waals surface area contributed by atoms with E-state index in [9.17, 15) is 4.79 Å². The zero-order chi connectivity index (χ0) is 13.7. The lowest BCUT2D eigenvalue weighted by atomic mass is 9.99. The predicted molar refractivity (Wildman–Crippen MR) is 77.5 cm³/mol. The highest BCUT2D eigenvalue weighted by Gasteiger charge is 2.17. The van der Waals surface area contributed by atoms with E-state index in [4.69, 9.17) is 4.74 Å². The molecule has 0 N–H and O–H groups in total. The lowest BCUT2D eigenvalue weighted by Crippen LogP contribution is -2.09. The molecule has 1 unspecified atom stereocenters. The van der Waals surface area contributed by atoms with Crippen LogP contribution in [0.1, 0.15) is 55.5 Å². The third-order valence-electron chi connectivity index (χ3n) is 3.64. The molecule has 1 atom stereocenters. The number of ketones is 1. The van der Waals surface area contributed by atoms with Crippen LogP contribution in [0, 0.1) is 5.92 Å². The number of hydrogen-bond acceptors (Lipinski definition) is 2. The molecule has 1 heterocycles. The molecule has 0 aromatic heterocycles. The first-order valence-corrected chi connectivity index (χ1v) is 7.39.